The molecule has 3 unspecified atom stereocenters. The van der Waals surface area contributed by atoms with Crippen LogP contribution in [0.5, 0.6) is 5.75 Å². The molecule has 0 radical (unpaired) electrons. The fourth-order valence-corrected chi connectivity index (χ4v) is 3.26. The number of hydrogen-bond donors (Lipinski definition) is 1. The van der Waals surface area contributed by atoms with Crippen LogP contribution < -0.4 is 10.1 Å². The van der Waals surface area contributed by atoms with Crippen LogP contribution in [0, 0.1) is 5.92 Å². The van der Waals surface area contributed by atoms with Crippen molar-refractivity contribution in [1.29, 1.82) is 0 Å². The van der Waals surface area contributed by atoms with Crippen LogP contribution in [0.15, 0.2) is 24.3 Å². The molecule has 1 aromatic carbocycles. The van der Waals surface area contributed by atoms with E-state index in [9.17, 15) is 4.79 Å². The van der Waals surface area contributed by atoms with E-state index in [1.165, 1.54) is 6.42 Å². The highest BCUT2D eigenvalue weighted by atomic mass is 16.5. The van der Waals surface area contributed by atoms with E-state index in [0.717, 1.165) is 37.2 Å². The predicted octanol–water partition coefficient (Wildman–Crippen LogP) is 2.80. The van der Waals surface area contributed by atoms with Crippen molar-refractivity contribution in [3.05, 3.63) is 29.8 Å². The summed E-state index contributed by atoms with van der Waals surface area (Å²) >= 11 is 0. The normalized spacial score (nSPS) is 28.6. The highest BCUT2D eigenvalue weighted by Gasteiger charge is 2.42. The van der Waals surface area contributed by atoms with Gasteiger partial charge in [-0.2, -0.15) is 0 Å². The molecule has 0 spiro atoms. The molecular weight excluding hydrogens is 238 g/mol. The average molecular weight is 259 g/mol. The lowest BCUT2D eigenvalue weighted by molar-refractivity contribution is 0.0901. The molecule has 2 aliphatic heterocycles. The van der Waals surface area contributed by atoms with Crippen molar-refractivity contribution in [3.63, 3.8) is 0 Å². The third-order valence-electron chi connectivity index (χ3n) is 4.25. The lowest BCUT2D eigenvalue weighted by Crippen LogP contribution is -2.28. The SMILES string of the molecule is CCCOc1ccc(C(=O)C2CC3CCC2N3)cc1. The second-order valence-electron chi connectivity index (χ2n) is 5.63. The number of Topliss-reactive ketones (excluding diaryl/α,β-unsaturated/α-hetero) is 1. The number of hydrogen-bond acceptors (Lipinski definition) is 3. The van der Waals surface area contributed by atoms with Gasteiger partial charge in [0.05, 0.1) is 6.61 Å². The molecule has 2 heterocycles. The zero-order valence-electron chi connectivity index (χ0n) is 11.4. The Bertz CT molecular complexity index is 454. The lowest BCUT2D eigenvalue weighted by Gasteiger charge is -2.18. The van der Waals surface area contributed by atoms with Gasteiger partial charge in [-0.1, -0.05) is 6.92 Å². The summed E-state index contributed by atoms with van der Waals surface area (Å²) in [6, 6.07) is 8.60. The summed E-state index contributed by atoms with van der Waals surface area (Å²) in [6.07, 6.45) is 4.39. The molecule has 2 fully saturated rings. The Morgan fingerprint density at radius 2 is 2.11 bits per heavy atom. The van der Waals surface area contributed by atoms with Gasteiger partial charge >= 0.3 is 0 Å². The molecule has 2 bridgehead atoms. The van der Waals surface area contributed by atoms with Gasteiger partial charge in [0, 0.05) is 23.6 Å². The van der Waals surface area contributed by atoms with Crippen LogP contribution in [0.25, 0.3) is 0 Å². The van der Waals surface area contributed by atoms with Gasteiger partial charge in [0.1, 0.15) is 5.75 Å². The fourth-order valence-electron chi connectivity index (χ4n) is 3.26. The molecule has 2 aliphatic rings. The smallest absolute Gasteiger partial charge is 0.167 e. The monoisotopic (exact) mass is 259 g/mol. The van der Waals surface area contributed by atoms with Gasteiger partial charge in [0.2, 0.25) is 0 Å². The van der Waals surface area contributed by atoms with E-state index in [4.69, 9.17) is 4.74 Å². The number of carbonyl (C=O) groups excluding carboxylic acids is 1. The van der Waals surface area contributed by atoms with E-state index >= 15 is 0 Å². The number of carbonyl (C=O) groups is 1. The fraction of sp³-hybridized carbons (Fsp3) is 0.562. The maximum Gasteiger partial charge on any atom is 0.167 e. The first-order valence-electron chi connectivity index (χ1n) is 7.31. The van der Waals surface area contributed by atoms with E-state index < -0.39 is 0 Å². The van der Waals surface area contributed by atoms with E-state index in [1.807, 2.05) is 24.3 Å². The molecule has 0 amide bonds. The lowest BCUT2D eigenvalue weighted by atomic mass is 9.84. The van der Waals surface area contributed by atoms with Crippen molar-refractivity contribution in [2.75, 3.05) is 6.61 Å². The minimum absolute atomic E-state index is 0.182. The second kappa shape index (κ2) is 5.33. The predicted molar refractivity (Wildman–Crippen MR) is 74.6 cm³/mol. The molecule has 1 aromatic rings. The molecule has 3 atom stereocenters. The highest BCUT2D eigenvalue weighted by molar-refractivity contribution is 5.98. The van der Waals surface area contributed by atoms with Crippen molar-refractivity contribution in [1.82, 2.24) is 5.32 Å². The molecule has 0 saturated carbocycles. The van der Waals surface area contributed by atoms with E-state index in [2.05, 4.69) is 12.2 Å². The Morgan fingerprint density at radius 3 is 2.68 bits per heavy atom. The van der Waals surface area contributed by atoms with Crippen LogP contribution in [0.1, 0.15) is 43.0 Å². The third-order valence-corrected chi connectivity index (χ3v) is 4.25. The maximum atomic E-state index is 12.5. The maximum absolute atomic E-state index is 12.5. The van der Waals surface area contributed by atoms with E-state index in [1.54, 1.807) is 0 Å². The van der Waals surface area contributed by atoms with Gasteiger partial charge in [-0.05, 0) is 49.9 Å². The molecule has 2 saturated heterocycles. The van der Waals surface area contributed by atoms with Crippen molar-refractivity contribution in [2.45, 2.75) is 44.7 Å². The molecule has 3 nitrogen and oxygen atoms in total. The Balaban J connectivity index is 1.67. The van der Waals surface area contributed by atoms with Gasteiger partial charge < -0.3 is 10.1 Å². The van der Waals surface area contributed by atoms with Crippen LogP contribution in [0.2, 0.25) is 0 Å². The van der Waals surface area contributed by atoms with E-state index in [-0.39, 0.29) is 5.92 Å². The molecule has 3 rings (SSSR count). The molecule has 0 aliphatic carbocycles. The molecular formula is C16H21NO2. The summed E-state index contributed by atoms with van der Waals surface area (Å²) in [5, 5.41) is 3.52. The van der Waals surface area contributed by atoms with Crippen LogP contribution in [0.4, 0.5) is 0 Å². The van der Waals surface area contributed by atoms with Gasteiger partial charge in [-0.3, -0.25) is 4.79 Å². The summed E-state index contributed by atoms with van der Waals surface area (Å²) in [7, 11) is 0. The van der Waals surface area contributed by atoms with Crippen LogP contribution >= 0.6 is 0 Å². The average Bonchev–Trinajstić information content (AvgIpc) is 3.07. The van der Waals surface area contributed by atoms with Gasteiger partial charge in [-0.15, -0.1) is 0 Å². The number of nitrogens with one attached hydrogen (secondary N) is 1. The van der Waals surface area contributed by atoms with Crippen LogP contribution in [0.3, 0.4) is 0 Å². The number of benzene rings is 1. The van der Waals surface area contributed by atoms with Gasteiger partial charge in [-0.25, -0.2) is 0 Å². The Labute approximate surface area is 114 Å². The topological polar surface area (TPSA) is 38.3 Å². The minimum atomic E-state index is 0.182. The zero-order valence-corrected chi connectivity index (χ0v) is 11.4. The Morgan fingerprint density at radius 1 is 1.32 bits per heavy atom. The Hall–Kier alpha value is -1.35. The highest BCUT2D eigenvalue weighted by Crippen LogP contribution is 2.35. The minimum Gasteiger partial charge on any atom is -0.494 e. The van der Waals surface area contributed by atoms with Crippen molar-refractivity contribution in [3.8, 4) is 5.75 Å². The summed E-state index contributed by atoms with van der Waals surface area (Å²) in [4.78, 5) is 12.5. The number of ketones is 1. The second-order valence-corrected chi connectivity index (χ2v) is 5.63. The summed E-state index contributed by atoms with van der Waals surface area (Å²) < 4.78 is 5.54. The van der Waals surface area contributed by atoms with Gasteiger partial charge in [0.25, 0.3) is 0 Å². The molecule has 1 N–H and O–H groups in total. The van der Waals surface area contributed by atoms with Crippen LogP contribution in [-0.4, -0.2) is 24.5 Å². The van der Waals surface area contributed by atoms with Gasteiger partial charge in [0.15, 0.2) is 5.78 Å². The zero-order chi connectivity index (χ0) is 13.2. The molecule has 3 heteroatoms. The standard InChI is InChI=1S/C16H21NO2/c1-2-9-19-13-6-3-11(4-7-13)16(18)14-10-12-5-8-15(14)17-12/h3-4,6-7,12,14-15,17H,2,5,8-10H2,1H3. The third kappa shape index (κ3) is 2.52. The first-order valence-corrected chi connectivity index (χ1v) is 7.31. The molecule has 19 heavy (non-hydrogen) atoms. The van der Waals surface area contributed by atoms with Crippen molar-refractivity contribution < 1.29 is 9.53 Å². The molecule has 102 valence electrons. The molecule has 0 aromatic heterocycles. The Kier molecular flexibility index (Phi) is 3.56. The number of ether oxygens (including phenoxy) is 1. The first kappa shape index (κ1) is 12.7. The number of rotatable bonds is 5. The largest absolute Gasteiger partial charge is 0.494 e. The quantitative estimate of drug-likeness (QED) is 0.826. The summed E-state index contributed by atoms with van der Waals surface area (Å²) in [5.41, 5.74) is 0.822. The number of fused-ring (bicyclic) bond motifs is 2. The van der Waals surface area contributed by atoms with E-state index in [0.29, 0.717) is 17.9 Å². The van der Waals surface area contributed by atoms with Crippen molar-refractivity contribution >= 4 is 5.78 Å². The first-order chi connectivity index (χ1) is 9.28. The van der Waals surface area contributed by atoms with Crippen molar-refractivity contribution in [2.24, 2.45) is 5.92 Å². The summed E-state index contributed by atoms with van der Waals surface area (Å²) in [6.45, 7) is 2.81. The van der Waals surface area contributed by atoms with Crippen LogP contribution in [-0.2, 0) is 0 Å². The summed E-state index contributed by atoms with van der Waals surface area (Å²) in [5.74, 6) is 1.33.